The Morgan fingerprint density at radius 3 is 1.82 bits per heavy atom. The predicted molar refractivity (Wildman–Crippen MR) is 114 cm³/mol. The number of tetrazole rings is 1. The van der Waals surface area contributed by atoms with Crippen LogP contribution >= 0.6 is 15.9 Å². The van der Waals surface area contributed by atoms with Crippen LogP contribution in [0.2, 0.25) is 0 Å². The van der Waals surface area contributed by atoms with Gasteiger partial charge in [0.05, 0.1) is 4.32 Å². The smallest absolute Gasteiger partial charge is 0.174 e. The number of hydrogen-bond donors (Lipinski definition) is 1. The average molecular weight is 433 g/mol. The second kappa shape index (κ2) is 8.48. The number of aromatic nitrogens is 4. The summed E-state index contributed by atoms with van der Waals surface area (Å²) in [6, 6.07) is 31.9. The molecular formula is C23H21BrN4. The van der Waals surface area contributed by atoms with E-state index in [4.69, 9.17) is 0 Å². The first kappa shape index (κ1) is 18.6. The van der Waals surface area contributed by atoms with Gasteiger partial charge < -0.3 is 0 Å². The van der Waals surface area contributed by atoms with Crippen LogP contribution in [-0.4, -0.2) is 20.6 Å². The monoisotopic (exact) mass is 432 g/mol. The Morgan fingerprint density at radius 2 is 1.32 bits per heavy atom. The van der Waals surface area contributed by atoms with Crippen molar-refractivity contribution in [2.75, 3.05) is 0 Å². The van der Waals surface area contributed by atoms with Gasteiger partial charge in [0.25, 0.3) is 0 Å². The van der Waals surface area contributed by atoms with Crippen LogP contribution < -0.4 is 0 Å². The zero-order chi connectivity index (χ0) is 19.2. The number of rotatable bonds is 7. The third kappa shape index (κ3) is 3.76. The molecule has 28 heavy (non-hydrogen) atoms. The number of H-pyrrole nitrogens is 1. The molecule has 0 saturated heterocycles. The molecule has 1 N–H and O–H groups in total. The summed E-state index contributed by atoms with van der Waals surface area (Å²) in [6.07, 6.45) is 1.61. The van der Waals surface area contributed by atoms with Crippen LogP contribution in [0.5, 0.6) is 0 Å². The van der Waals surface area contributed by atoms with Crippen molar-refractivity contribution < 1.29 is 0 Å². The van der Waals surface area contributed by atoms with Crippen molar-refractivity contribution in [3.8, 4) is 0 Å². The quantitative estimate of drug-likeness (QED) is 0.405. The van der Waals surface area contributed by atoms with E-state index in [0.29, 0.717) is 0 Å². The standard InChI is InChI=1S/C23H21BrN4/c24-23(19-12-6-2-7-13-19,20-14-8-3-9-15-20)21(18-10-4-1-5-11-18)16-17-22-25-27-28-26-22/h1-15,21H,16-17H2,(H,25,26,27,28). The minimum Gasteiger partial charge on any atom is -0.177 e. The number of benzene rings is 3. The van der Waals surface area contributed by atoms with Gasteiger partial charge in [0.2, 0.25) is 0 Å². The SMILES string of the molecule is BrC(c1ccccc1)(c1ccccc1)C(CCc1nn[nH]n1)c1ccccc1. The van der Waals surface area contributed by atoms with Gasteiger partial charge in [-0.1, -0.05) is 112 Å². The Labute approximate surface area is 173 Å². The van der Waals surface area contributed by atoms with Crippen molar-refractivity contribution in [1.29, 1.82) is 0 Å². The Balaban J connectivity index is 1.83. The minimum atomic E-state index is -0.374. The van der Waals surface area contributed by atoms with Gasteiger partial charge in [-0.05, 0) is 23.1 Å². The minimum absolute atomic E-state index is 0.178. The summed E-state index contributed by atoms with van der Waals surface area (Å²) in [5.41, 5.74) is 3.72. The fraction of sp³-hybridized carbons (Fsp3) is 0.174. The lowest BCUT2D eigenvalue weighted by Gasteiger charge is -2.37. The highest BCUT2D eigenvalue weighted by molar-refractivity contribution is 9.09. The third-order valence-electron chi connectivity index (χ3n) is 5.12. The summed E-state index contributed by atoms with van der Waals surface area (Å²) in [7, 11) is 0. The first-order valence-electron chi connectivity index (χ1n) is 9.35. The molecular weight excluding hydrogens is 412 g/mol. The summed E-state index contributed by atoms with van der Waals surface area (Å²) >= 11 is 4.21. The number of nitrogens with one attached hydrogen (secondary N) is 1. The van der Waals surface area contributed by atoms with E-state index >= 15 is 0 Å². The largest absolute Gasteiger partial charge is 0.177 e. The third-order valence-corrected chi connectivity index (χ3v) is 6.58. The molecule has 0 saturated carbocycles. The van der Waals surface area contributed by atoms with Crippen molar-refractivity contribution in [1.82, 2.24) is 20.6 Å². The van der Waals surface area contributed by atoms with Crippen molar-refractivity contribution in [2.24, 2.45) is 0 Å². The molecule has 4 rings (SSSR count). The molecule has 5 heteroatoms. The number of alkyl halides is 1. The number of aryl methyl sites for hydroxylation is 1. The van der Waals surface area contributed by atoms with E-state index in [1.54, 1.807) is 0 Å². The molecule has 0 radical (unpaired) electrons. The molecule has 1 heterocycles. The highest BCUT2D eigenvalue weighted by Crippen LogP contribution is 2.51. The lowest BCUT2D eigenvalue weighted by molar-refractivity contribution is 0.522. The molecule has 1 aromatic heterocycles. The second-order valence-electron chi connectivity index (χ2n) is 6.77. The van der Waals surface area contributed by atoms with E-state index in [1.165, 1.54) is 16.7 Å². The van der Waals surface area contributed by atoms with Crippen LogP contribution in [0.15, 0.2) is 91.0 Å². The summed E-state index contributed by atoms with van der Waals surface area (Å²) in [5.74, 6) is 0.911. The summed E-state index contributed by atoms with van der Waals surface area (Å²) in [5, 5.41) is 14.6. The summed E-state index contributed by atoms with van der Waals surface area (Å²) in [4.78, 5) is 0. The molecule has 0 spiro atoms. The Bertz CT molecular complexity index is 934. The first-order chi connectivity index (χ1) is 13.8. The number of nitrogens with zero attached hydrogens (tertiary/aromatic N) is 3. The molecule has 3 aromatic carbocycles. The molecule has 1 unspecified atom stereocenters. The van der Waals surface area contributed by atoms with Gasteiger partial charge in [0.1, 0.15) is 0 Å². The molecule has 1 atom stereocenters. The Hall–Kier alpha value is -2.79. The van der Waals surface area contributed by atoms with Crippen LogP contribution in [-0.2, 0) is 10.7 Å². The van der Waals surface area contributed by atoms with Crippen LogP contribution in [0.25, 0.3) is 0 Å². The summed E-state index contributed by atoms with van der Waals surface area (Å²) in [6.45, 7) is 0. The van der Waals surface area contributed by atoms with Crippen LogP contribution in [0, 0.1) is 0 Å². The fourth-order valence-electron chi connectivity index (χ4n) is 3.77. The van der Waals surface area contributed by atoms with Crippen molar-refractivity contribution in [2.45, 2.75) is 23.1 Å². The molecule has 0 aliphatic heterocycles. The topological polar surface area (TPSA) is 54.5 Å². The lowest BCUT2D eigenvalue weighted by Crippen LogP contribution is -2.29. The average Bonchev–Trinajstić information content (AvgIpc) is 3.29. The van der Waals surface area contributed by atoms with Gasteiger partial charge in [0.15, 0.2) is 5.82 Å². The van der Waals surface area contributed by atoms with E-state index < -0.39 is 0 Å². The highest BCUT2D eigenvalue weighted by atomic mass is 79.9. The van der Waals surface area contributed by atoms with Gasteiger partial charge in [-0.25, -0.2) is 0 Å². The fourth-order valence-corrected chi connectivity index (χ4v) is 4.79. The highest BCUT2D eigenvalue weighted by Gasteiger charge is 2.40. The molecule has 0 amide bonds. The van der Waals surface area contributed by atoms with Crippen molar-refractivity contribution in [3.63, 3.8) is 0 Å². The molecule has 140 valence electrons. The Morgan fingerprint density at radius 1 is 0.786 bits per heavy atom. The zero-order valence-corrected chi connectivity index (χ0v) is 17.0. The van der Waals surface area contributed by atoms with Crippen molar-refractivity contribution in [3.05, 3.63) is 114 Å². The number of halogens is 1. The van der Waals surface area contributed by atoms with Crippen LogP contribution in [0.3, 0.4) is 0 Å². The van der Waals surface area contributed by atoms with Gasteiger partial charge in [-0.2, -0.15) is 5.21 Å². The van der Waals surface area contributed by atoms with Crippen molar-refractivity contribution >= 4 is 15.9 Å². The molecule has 4 nitrogen and oxygen atoms in total. The molecule has 4 aromatic rings. The first-order valence-corrected chi connectivity index (χ1v) is 10.1. The lowest BCUT2D eigenvalue weighted by atomic mass is 9.75. The second-order valence-corrected chi connectivity index (χ2v) is 8.02. The van der Waals surface area contributed by atoms with Crippen LogP contribution in [0.1, 0.15) is 34.9 Å². The number of aromatic amines is 1. The maximum Gasteiger partial charge on any atom is 0.174 e. The predicted octanol–water partition coefficient (Wildman–Crippen LogP) is 5.25. The Kier molecular flexibility index (Phi) is 5.63. The summed E-state index contributed by atoms with van der Waals surface area (Å²) < 4.78 is -0.374. The van der Waals surface area contributed by atoms with Gasteiger partial charge >= 0.3 is 0 Å². The van der Waals surface area contributed by atoms with E-state index in [9.17, 15) is 0 Å². The maximum absolute atomic E-state index is 4.21. The zero-order valence-electron chi connectivity index (χ0n) is 15.4. The van der Waals surface area contributed by atoms with E-state index in [0.717, 1.165) is 18.7 Å². The molecule has 0 bridgehead atoms. The number of hydrogen-bond acceptors (Lipinski definition) is 3. The van der Waals surface area contributed by atoms with Gasteiger partial charge in [0, 0.05) is 12.3 Å². The normalized spacial score (nSPS) is 12.6. The molecule has 0 aliphatic carbocycles. The van der Waals surface area contributed by atoms with E-state index in [1.807, 2.05) is 0 Å². The van der Waals surface area contributed by atoms with E-state index in [-0.39, 0.29) is 10.2 Å². The van der Waals surface area contributed by atoms with Crippen LogP contribution in [0.4, 0.5) is 0 Å². The molecule has 0 fully saturated rings. The van der Waals surface area contributed by atoms with E-state index in [2.05, 4.69) is 128 Å². The van der Waals surface area contributed by atoms with Gasteiger partial charge in [-0.15, -0.1) is 10.2 Å². The molecule has 0 aliphatic rings. The van der Waals surface area contributed by atoms with Gasteiger partial charge in [-0.3, -0.25) is 0 Å². The maximum atomic E-state index is 4.21.